The first-order valence-electron chi connectivity index (χ1n) is 13.7. The third-order valence-electron chi connectivity index (χ3n) is 8.71. The molecule has 3 aromatic carbocycles. The minimum Gasteiger partial charge on any atom is -0.381 e. The molecule has 3 aromatic rings. The maximum Gasteiger partial charge on any atom is 0.254 e. The van der Waals surface area contributed by atoms with Crippen LogP contribution >= 0.6 is 0 Å². The maximum absolute atomic E-state index is 13.6. The molecular weight excluding hydrogens is 470 g/mol. The Hall–Kier alpha value is -3.98. The summed E-state index contributed by atoms with van der Waals surface area (Å²) in [7, 11) is 0. The highest BCUT2D eigenvalue weighted by molar-refractivity contribution is 5.97. The van der Waals surface area contributed by atoms with E-state index in [4.69, 9.17) is 0 Å². The normalized spacial score (nSPS) is 22.2. The SMILES string of the molecule is Cc1cc(C)c(C(=O)N2CCN(c3ccccc3C)CC2)cc1NC1C2CN(c3ccccc3C#N)CC21. The first-order valence-corrected chi connectivity index (χ1v) is 13.7. The van der Waals surface area contributed by atoms with Crippen molar-refractivity contribution in [2.75, 3.05) is 54.4 Å². The molecule has 2 aliphatic heterocycles. The van der Waals surface area contributed by atoms with Gasteiger partial charge in [0.2, 0.25) is 0 Å². The number of para-hydroxylation sites is 2. The van der Waals surface area contributed by atoms with Crippen LogP contribution < -0.4 is 15.1 Å². The van der Waals surface area contributed by atoms with Crippen LogP contribution in [0.15, 0.2) is 60.7 Å². The van der Waals surface area contributed by atoms with Crippen molar-refractivity contribution in [3.05, 3.63) is 88.5 Å². The average molecular weight is 506 g/mol. The summed E-state index contributed by atoms with van der Waals surface area (Å²) in [4.78, 5) is 20.3. The fourth-order valence-corrected chi connectivity index (χ4v) is 6.44. The average Bonchev–Trinajstić information content (AvgIpc) is 3.36. The standard InChI is InChI=1S/C32H35N5O/c1-21-8-4-6-10-29(21)35-12-14-36(15-13-35)32(38)25-17-28(23(3)16-22(25)2)34-31-26-19-37(20-27(26)31)30-11-7-5-9-24(30)18-33/h4-11,16-17,26-27,31,34H,12-15,19-20H2,1-3H3. The Bertz CT molecular complexity index is 1410. The van der Waals surface area contributed by atoms with Gasteiger partial charge in [-0.25, -0.2) is 0 Å². The summed E-state index contributed by atoms with van der Waals surface area (Å²) in [5.74, 6) is 1.26. The van der Waals surface area contributed by atoms with Gasteiger partial charge in [0.05, 0.1) is 11.3 Å². The van der Waals surface area contributed by atoms with Gasteiger partial charge in [0, 0.05) is 74.1 Å². The van der Waals surface area contributed by atoms with Crippen LogP contribution in [0, 0.1) is 43.9 Å². The summed E-state index contributed by atoms with van der Waals surface area (Å²) >= 11 is 0. The minimum absolute atomic E-state index is 0.130. The van der Waals surface area contributed by atoms with Gasteiger partial charge in [0.25, 0.3) is 5.91 Å². The third-order valence-corrected chi connectivity index (χ3v) is 8.71. The third kappa shape index (κ3) is 4.36. The number of amides is 1. The molecule has 6 nitrogen and oxygen atoms in total. The van der Waals surface area contributed by atoms with Crippen molar-refractivity contribution >= 4 is 23.0 Å². The first-order chi connectivity index (χ1) is 18.4. The summed E-state index contributed by atoms with van der Waals surface area (Å²) in [5.41, 5.74) is 8.42. The highest BCUT2D eigenvalue weighted by Crippen LogP contribution is 2.49. The quantitative estimate of drug-likeness (QED) is 0.529. The number of fused-ring (bicyclic) bond motifs is 1. The van der Waals surface area contributed by atoms with E-state index < -0.39 is 0 Å². The van der Waals surface area contributed by atoms with Crippen LogP contribution in [-0.4, -0.2) is 56.1 Å². The van der Waals surface area contributed by atoms with Gasteiger partial charge < -0.3 is 20.0 Å². The summed E-state index contributed by atoms with van der Waals surface area (Å²) in [6.07, 6.45) is 0. The zero-order valence-corrected chi connectivity index (χ0v) is 22.4. The van der Waals surface area contributed by atoms with Gasteiger partial charge in [-0.1, -0.05) is 36.4 Å². The lowest BCUT2D eigenvalue weighted by Crippen LogP contribution is -2.49. The van der Waals surface area contributed by atoms with E-state index in [0.29, 0.717) is 17.9 Å². The molecule has 3 aliphatic rings. The van der Waals surface area contributed by atoms with E-state index in [9.17, 15) is 10.1 Å². The second-order valence-electron chi connectivity index (χ2n) is 11.1. The van der Waals surface area contributed by atoms with E-state index in [-0.39, 0.29) is 5.91 Å². The molecule has 0 aromatic heterocycles. The molecule has 38 heavy (non-hydrogen) atoms. The lowest BCUT2D eigenvalue weighted by Gasteiger charge is -2.37. The Morgan fingerprint density at radius 3 is 2.16 bits per heavy atom. The van der Waals surface area contributed by atoms with Gasteiger partial charge in [-0.05, 0) is 61.7 Å². The van der Waals surface area contributed by atoms with Gasteiger partial charge >= 0.3 is 0 Å². The van der Waals surface area contributed by atoms with Gasteiger partial charge in [0.15, 0.2) is 0 Å². The van der Waals surface area contributed by atoms with Crippen molar-refractivity contribution in [3.8, 4) is 6.07 Å². The Labute approximate surface area is 225 Å². The number of piperidine rings is 1. The van der Waals surface area contributed by atoms with Gasteiger partial charge in [-0.3, -0.25) is 4.79 Å². The Balaban J connectivity index is 1.11. The monoisotopic (exact) mass is 505 g/mol. The van der Waals surface area contributed by atoms with Gasteiger partial charge in [-0.2, -0.15) is 5.26 Å². The summed E-state index contributed by atoms with van der Waals surface area (Å²) < 4.78 is 0. The molecule has 2 unspecified atom stereocenters. The number of benzene rings is 3. The van der Waals surface area contributed by atoms with Crippen molar-refractivity contribution in [1.29, 1.82) is 5.26 Å². The van der Waals surface area contributed by atoms with Crippen molar-refractivity contribution in [3.63, 3.8) is 0 Å². The predicted octanol–water partition coefficient (Wildman–Crippen LogP) is 4.99. The number of rotatable bonds is 5. The molecule has 0 radical (unpaired) electrons. The number of carbonyl (C=O) groups is 1. The summed E-state index contributed by atoms with van der Waals surface area (Å²) in [6.45, 7) is 11.4. The number of anilines is 3. The number of nitrogens with one attached hydrogen (secondary N) is 1. The second kappa shape index (κ2) is 9.72. The van der Waals surface area contributed by atoms with Crippen molar-refractivity contribution in [2.24, 2.45) is 11.8 Å². The Morgan fingerprint density at radius 1 is 0.816 bits per heavy atom. The molecule has 1 amide bonds. The molecule has 2 heterocycles. The molecule has 1 aliphatic carbocycles. The Kier molecular flexibility index (Phi) is 6.23. The minimum atomic E-state index is 0.130. The molecule has 6 heteroatoms. The molecule has 1 N–H and O–H groups in total. The second-order valence-corrected chi connectivity index (χ2v) is 11.1. The number of nitrogens with zero attached hydrogens (tertiary/aromatic N) is 4. The molecule has 0 bridgehead atoms. The molecule has 3 fully saturated rings. The smallest absolute Gasteiger partial charge is 0.254 e. The lowest BCUT2D eigenvalue weighted by molar-refractivity contribution is 0.0746. The van der Waals surface area contributed by atoms with Crippen LogP contribution in [0.4, 0.5) is 17.1 Å². The molecule has 194 valence electrons. The lowest BCUT2D eigenvalue weighted by atomic mass is 10.0. The largest absolute Gasteiger partial charge is 0.381 e. The maximum atomic E-state index is 13.6. The highest BCUT2D eigenvalue weighted by Gasteiger charge is 2.56. The first kappa shape index (κ1) is 24.4. The van der Waals surface area contributed by atoms with E-state index in [1.807, 2.05) is 30.0 Å². The van der Waals surface area contributed by atoms with Crippen LogP contribution in [-0.2, 0) is 0 Å². The zero-order chi connectivity index (χ0) is 26.4. The molecular formula is C32H35N5O. The van der Waals surface area contributed by atoms with Crippen molar-refractivity contribution < 1.29 is 4.79 Å². The highest BCUT2D eigenvalue weighted by atomic mass is 16.2. The van der Waals surface area contributed by atoms with E-state index in [1.54, 1.807) is 0 Å². The number of aryl methyl sites for hydroxylation is 3. The molecule has 1 saturated carbocycles. The van der Waals surface area contributed by atoms with Crippen LogP contribution in [0.2, 0.25) is 0 Å². The van der Waals surface area contributed by atoms with E-state index in [0.717, 1.165) is 67.3 Å². The van der Waals surface area contributed by atoms with E-state index in [1.165, 1.54) is 16.8 Å². The van der Waals surface area contributed by atoms with Gasteiger partial charge in [0.1, 0.15) is 6.07 Å². The van der Waals surface area contributed by atoms with Crippen molar-refractivity contribution in [2.45, 2.75) is 26.8 Å². The summed E-state index contributed by atoms with van der Waals surface area (Å²) in [6, 6.07) is 23.3. The van der Waals surface area contributed by atoms with Crippen LogP contribution in [0.25, 0.3) is 0 Å². The summed E-state index contributed by atoms with van der Waals surface area (Å²) in [5, 5.41) is 13.3. The van der Waals surface area contributed by atoms with E-state index >= 15 is 0 Å². The number of hydrogen-bond donors (Lipinski definition) is 1. The molecule has 2 atom stereocenters. The number of hydrogen-bond acceptors (Lipinski definition) is 5. The number of nitriles is 1. The molecule has 6 rings (SSSR count). The zero-order valence-electron chi connectivity index (χ0n) is 22.4. The fraction of sp³-hybridized carbons (Fsp3) is 0.375. The molecule has 2 saturated heterocycles. The van der Waals surface area contributed by atoms with Crippen LogP contribution in [0.1, 0.15) is 32.6 Å². The van der Waals surface area contributed by atoms with Crippen LogP contribution in [0.3, 0.4) is 0 Å². The van der Waals surface area contributed by atoms with Crippen molar-refractivity contribution in [1.82, 2.24) is 4.90 Å². The van der Waals surface area contributed by atoms with Gasteiger partial charge in [-0.15, -0.1) is 0 Å². The molecule has 0 spiro atoms. The Morgan fingerprint density at radius 2 is 1.47 bits per heavy atom. The van der Waals surface area contributed by atoms with E-state index in [2.05, 4.69) is 77.5 Å². The topological polar surface area (TPSA) is 62.6 Å². The predicted molar refractivity (Wildman–Crippen MR) is 153 cm³/mol. The van der Waals surface area contributed by atoms with Crippen LogP contribution in [0.5, 0.6) is 0 Å². The number of carbonyl (C=O) groups excluding carboxylic acids is 1. The number of piperazine rings is 1. The fourth-order valence-electron chi connectivity index (χ4n) is 6.44.